The Bertz CT molecular complexity index is 999. The number of rotatable bonds is 2. The summed E-state index contributed by atoms with van der Waals surface area (Å²) in [7, 11) is 0. The summed E-state index contributed by atoms with van der Waals surface area (Å²) in [6.45, 7) is 1.61. The first kappa shape index (κ1) is 16.0. The van der Waals surface area contributed by atoms with Crippen molar-refractivity contribution in [2.75, 3.05) is 22.9 Å². The van der Waals surface area contributed by atoms with Crippen LogP contribution in [0.15, 0.2) is 60.7 Å². The van der Waals surface area contributed by atoms with Crippen molar-refractivity contribution in [3.63, 3.8) is 0 Å². The van der Waals surface area contributed by atoms with Gasteiger partial charge in [0.1, 0.15) is 0 Å². The average Bonchev–Trinajstić information content (AvgIpc) is 3.17. The third-order valence-electron chi connectivity index (χ3n) is 5.39. The molecule has 5 rings (SSSR count). The second-order valence-corrected chi connectivity index (χ2v) is 7.00. The van der Waals surface area contributed by atoms with E-state index >= 15 is 0 Å². The predicted octanol–water partition coefficient (Wildman–Crippen LogP) is 3.76. The molecule has 0 radical (unpaired) electrons. The molecule has 27 heavy (non-hydrogen) atoms. The summed E-state index contributed by atoms with van der Waals surface area (Å²) in [6.07, 6.45) is 2.99. The molecule has 3 aromatic rings. The molecule has 1 amide bonds. The van der Waals surface area contributed by atoms with Gasteiger partial charge in [-0.25, -0.2) is 0 Å². The highest BCUT2D eigenvalue weighted by molar-refractivity contribution is 6.05. The van der Waals surface area contributed by atoms with Crippen LogP contribution in [-0.2, 0) is 12.8 Å². The molecular formula is C22H20N4O. The molecule has 3 heterocycles. The maximum Gasteiger partial charge on any atom is 0.278 e. The van der Waals surface area contributed by atoms with Crippen LogP contribution >= 0.6 is 0 Å². The van der Waals surface area contributed by atoms with Gasteiger partial charge >= 0.3 is 0 Å². The Balaban J connectivity index is 1.41. The van der Waals surface area contributed by atoms with Crippen molar-refractivity contribution in [3.8, 4) is 0 Å². The van der Waals surface area contributed by atoms with Gasteiger partial charge in [0.25, 0.3) is 5.91 Å². The summed E-state index contributed by atoms with van der Waals surface area (Å²) < 4.78 is 0. The Hall–Kier alpha value is -3.21. The predicted molar refractivity (Wildman–Crippen MR) is 106 cm³/mol. The monoisotopic (exact) mass is 356 g/mol. The van der Waals surface area contributed by atoms with Crippen LogP contribution in [0.4, 0.5) is 17.2 Å². The van der Waals surface area contributed by atoms with E-state index in [1.54, 1.807) is 6.07 Å². The lowest BCUT2D eigenvalue weighted by molar-refractivity contribution is 0.0979. The van der Waals surface area contributed by atoms with Crippen molar-refractivity contribution in [1.29, 1.82) is 0 Å². The number of benzene rings is 2. The maximum absolute atomic E-state index is 13.0. The molecule has 0 unspecified atom stereocenters. The highest BCUT2D eigenvalue weighted by Crippen LogP contribution is 2.33. The van der Waals surface area contributed by atoms with E-state index < -0.39 is 0 Å². The van der Waals surface area contributed by atoms with Crippen molar-refractivity contribution in [1.82, 2.24) is 10.2 Å². The van der Waals surface area contributed by atoms with Crippen molar-refractivity contribution in [3.05, 3.63) is 77.5 Å². The van der Waals surface area contributed by atoms with Gasteiger partial charge < -0.3 is 9.80 Å². The van der Waals surface area contributed by atoms with Gasteiger partial charge in [0.05, 0.1) is 0 Å². The summed E-state index contributed by atoms with van der Waals surface area (Å²) in [6, 6.07) is 20.1. The van der Waals surface area contributed by atoms with Crippen molar-refractivity contribution in [2.24, 2.45) is 0 Å². The zero-order valence-corrected chi connectivity index (χ0v) is 15.0. The smallest absolute Gasteiger partial charge is 0.278 e. The van der Waals surface area contributed by atoms with Crippen LogP contribution in [0, 0.1) is 0 Å². The van der Waals surface area contributed by atoms with E-state index in [9.17, 15) is 4.79 Å². The summed E-state index contributed by atoms with van der Waals surface area (Å²) >= 11 is 0. The molecule has 2 aromatic carbocycles. The molecule has 2 aliphatic heterocycles. The first-order valence-electron chi connectivity index (χ1n) is 9.40. The van der Waals surface area contributed by atoms with Crippen LogP contribution in [0.2, 0.25) is 0 Å². The van der Waals surface area contributed by atoms with Gasteiger partial charge in [0, 0.05) is 24.5 Å². The maximum atomic E-state index is 13.0. The number of aromatic nitrogens is 2. The fourth-order valence-electron chi connectivity index (χ4n) is 4.04. The number of carbonyl (C=O) groups excluding carboxylic acids is 1. The molecule has 0 aliphatic carbocycles. The minimum absolute atomic E-state index is 0.0805. The minimum Gasteiger partial charge on any atom is -0.324 e. The van der Waals surface area contributed by atoms with E-state index in [1.807, 2.05) is 35.2 Å². The normalized spacial score (nSPS) is 15.4. The summed E-state index contributed by atoms with van der Waals surface area (Å²) in [4.78, 5) is 17.0. The standard InChI is InChI=1S/C22H20N4O/c27-22(26-14-5-8-16-6-1-4-10-20(16)26)18-11-12-21(24-23-18)25-15-13-17-7-2-3-9-19(17)25/h1-4,6-7,9-12H,5,8,13-15H2. The lowest BCUT2D eigenvalue weighted by Crippen LogP contribution is -2.36. The van der Waals surface area contributed by atoms with Crippen LogP contribution in [0.1, 0.15) is 28.0 Å². The Morgan fingerprint density at radius 1 is 0.778 bits per heavy atom. The van der Waals surface area contributed by atoms with Gasteiger partial charge in [0.2, 0.25) is 0 Å². The number of hydrogen-bond donors (Lipinski definition) is 0. The number of para-hydroxylation sites is 2. The van der Waals surface area contributed by atoms with E-state index in [4.69, 9.17) is 0 Å². The summed E-state index contributed by atoms with van der Waals surface area (Å²) in [5, 5.41) is 8.62. The van der Waals surface area contributed by atoms with Crippen LogP contribution in [-0.4, -0.2) is 29.2 Å². The Labute approximate surface area is 158 Å². The zero-order valence-electron chi connectivity index (χ0n) is 15.0. The quantitative estimate of drug-likeness (QED) is 0.701. The molecule has 0 bridgehead atoms. The molecule has 5 nitrogen and oxygen atoms in total. The van der Waals surface area contributed by atoms with Crippen molar-refractivity contribution in [2.45, 2.75) is 19.3 Å². The molecule has 2 aliphatic rings. The minimum atomic E-state index is -0.0805. The van der Waals surface area contributed by atoms with Gasteiger partial charge in [-0.2, -0.15) is 0 Å². The number of nitrogens with zero attached hydrogens (tertiary/aromatic N) is 4. The number of amides is 1. The second-order valence-electron chi connectivity index (χ2n) is 7.00. The van der Waals surface area contributed by atoms with Gasteiger partial charge in [-0.1, -0.05) is 36.4 Å². The van der Waals surface area contributed by atoms with Crippen molar-refractivity contribution < 1.29 is 4.79 Å². The Morgan fingerprint density at radius 3 is 2.30 bits per heavy atom. The SMILES string of the molecule is O=C(c1ccc(N2CCc3ccccc32)nn1)N1CCCc2ccccc21. The number of anilines is 3. The van der Waals surface area contributed by atoms with Gasteiger partial charge in [-0.15, -0.1) is 10.2 Å². The highest BCUT2D eigenvalue weighted by Gasteiger charge is 2.25. The van der Waals surface area contributed by atoms with E-state index in [2.05, 4.69) is 39.4 Å². The van der Waals surface area contributed by atoms with Gasteiger partial charge in [0.15, 0.2) is 11.5 Å². The molecule has 0 N–H and O–H groups in total. The molecule has 0 saturated carbocycles. The number of hydrogen-bond acceptors (Lipinski definition) is 4. The molecule has 0 fully saturated rings. The largest absolute Gasteiger partial charge is 0.324 e. The van der Waals surface area contributed by atoms with E-state index in [-0.39, 0.29) is 5.91 Å². The molecular weight excluding hydrogens is 336 g/mol. The Kier molecular flexibility index (Phi) is 3.85. The van der Waals surface area contributed by atoms with Crippen LogP contribution in [0.25, 0.3) is 0 Å². The number of aryl methyl sites for hydroxylation is 1. The first-order chi connectivity index (χ1) is 13.3. The summed E-state index contributed by atoms with van der Waals surface area (Å²) in [5.41, 5.74) is 5.10. The van der Waals surface area contributed by atoms with Gasteiger partial charge in [-0.3, -0.25) is 4.79 Å². The lowest BCUT2D eigenvalue weighted by atomic mass is 10.0. The fourth-order valence-corrected chi connectivity index (χ4v) is 4.04. The number of carbonyl (C=O) groups is 1. The zero-order chi connectivity index (χ0) is 18.2. The van der Waals surface area contributed by atoms with Crippen LogP contribution in [0.3, 0.4) is 0 Å². The fraction of sp³-hybridized carbons (Fsp3) is 0.227. The lowest BCUT2D eigenvalue weighted by Gasteiger charge is -2.29. The van der Waals surface area contributed by atoms with Crippen LogP contribution in [0.5, 0.6) is 0 Å². The highest BCUT2D eigenvalue weighted by atomic mass is 16.2. The molecule has 1 aromatic heterocycles. The Morgan fingerprint density at radius 2 is 1.52 bits per heavy atom. The molecule has 5 heteroatoms. The number of fused-ring (bicyclic) bond motifs is 2. The molecule has 0 saturated heterocycles. The molecule has 0 spiro atoms. The summed E-state index contributed by atoms with van der Waals surface area (Å²) in [5.74, 6) is 0.707. The third-order valence-corrected chi connectivity index (χ3v) is 5.39. The topological polar surface area (TPSA) is 49.3 Å². The van der Waals surface area contributed by atoms with E-state index in [0.29, 0.717) is 5.69 Å². The average molecular weight is 356 g/mol. The van der Waals surface area contributed by atoms with Crippen LogP contribution < -0.4 is 9.80 Å². The second kappa shape index (κ2) is 6.50. The van der Waals surface area contributed by atoms with Gasteiger partial charge in [-0.05, 0) is 54.7 Å². The third kappa shape index (κ3) is 2.76. The first-order valence-corrected chi connectivity index (χ1v) is 9.40. The van der Waals surface area contributed by atoms with E-state index in [0.717, 1.165) is 43.9 Å². The van der Waals surface area contributed by atoms with E-state index in [1.165, 1.54) is 16.8 Å². The molecule has 134 valence electrons. The van der Waals surface area contributed by atoms with Crippen molar-refractivity contribution >= 4 is 23.1 Å². The molecule has 0 atom stereocenters.